The minimum absolute atomic E-state index is 0. The molecular weight excluding hydrogens is 651 g/mol. The first-order valence-electron chi connectivity index (χ1n) is 12.2. The SMILES string of the molecule is Br.Br.CSc1c(OC2CCN(C)CC2)nc(N(C)c2ccc(C(F)(F)F)cc2)nc1OC1CCN(C)CC1. The maximum atomic E-state index is 13.0. The zero-order valence-electron chi connectivity index (χ0n) is 22.0. The summed E-state index contributed by atoms with van der Waals surface area (Å²) in [6, 6.07) is 4.97. The molecule has 2 saturated heterocycles. The molecule has 0 unspecified atom stereocenters. The summed E-state index contributed by atoms with van der Waals surface area (Å²) in [5, 5.41) is 0. The summed E-state index contributed by atoms with van der Waals surface area (Å²) >= 11 is 1.48. The van der Waals surface area contributed by atoms with Gasteiger partial charge in [-0.15, -0.1) is 45.7 Å². The number of ether oxygens (including phenoxy) is 2. The highest BCUT2D eigenvalue weighted by Gasteiger charge is 2.31. The van der Waals surface area contributed by atoms with Gasteiger partial charge in [-0.25, -0.2) is 0 Å². The Kier molecular flexibility index (Phi) is 12.5. The topological polar surface area (TPSA) is 54.0 Å². The van der Waals surface area contributed by atoms with Crippen LogP contribution in [0.5, 0.6) is 11.8 Å². The third-order valence-corrected chi connectivity index (χ3v) is 7.52. The first kappa shape index (κ1) is 32.9. The lowest BCUT2D eigenvalue weighted by molar-refractivity contribution is -0.137. The fourth-order valence-electron chi connectivity index (χ4n) is 4.39. The zero-order valence-corrected chi connectivity index (χ0v) is 26.3. The van der Waals surface area contributed by atoms with Crippen LogP contribution in [0.2, 0.25) is 0 Å². The maximum Gasteiger partial charge on any atom is 0.416 e. The normalized spacial score (nSPS) is 17.9. The molecule has 3 heterocycles. The number of halogens is 5. The van der Waals surface area contributed by atoms with Gasteiger partial charge in [-0.2, -0.15) is 23.1 Å². The number of anilines is 2. The Balaban J connectivity index is 0.00000253. The quantitative estimate of drug-likeness (QED) is 0.325. The molecule has 4 rings (SSSR count). The highest BCUT2D eigenvalue weighted by atomic mass is 79.9. The van der Waals surface area contributed by atoms with Crippen LogP contribution in [0, 0.1) is 0 Å². The van der Waals surface area contributed by atoms with Crippen molar-refractivity contribution in [2.24, 2.45) is 0 Å². The Morgan fingerprint density at radius 2 is 1.26 bits per heavy atom. The van der Waals surface area contributed by atoms with E-state index in [4.69, 9.17) is 19.4 Å². The van der Waals surface area contributed by atoms with E-state index >= 15 is 0 Å². The van der Waals surface area contributed by atoms with E-state index in [2.05, 4.69) is 23.9 Å². The number of aromatic nitrogens is 2. The molecule has 0 aliphatic carbocycles. The smallest absolute Gasteiger partial charge is 0.416 e. The van der Waals surface area contributed by atoms with Crippen molar-refractivity contribution in [2.75, 3.05) is 58.5 Å². The third kappa shape index (κ3) is 8.36. The van der Waals surface area contributed by atoms with Crippen molar-refractivity contribution in [3.63, 3.8) is 0 Å². The molecule has 13 heteroatoms. The summed E-state index contributed by atoms with van der Waals surface area (Å²) in [6.07, 6.45) is 1.18. The largest absolute Gasteiger partial charge is 0.473 e. The van der Waals surface area contributed by atoms with Crippen LogP contribution in [-0.4, -0.2) is 85.6 Å². The number of alkyl halides is 3. The number of rotatable bonds is 7. The van der Waals surface area contributed by atoms with Crippen molar-refractivity contribution in [2.45, 2.75) is 49.0 Å². The number of nitrogens with zero attached hydrogens (tertiary/aromatic N) is 5. The van der Waals surface area contributed by atoms with Gasteiger partial charge in [0.05, 0.1) is 5.56 Å². The molecule has 0 N–H and O–H groups in total. The Labute approximate surface area is 248 Å². The van der Waals surface area contributed by atoms with Crippen LogP contribution in [-0.2, 0) is 6.18 Å². The molecule has 0 radical (unpaired) electrons. The monoisotopic (exact) mass is 685 g/mol. The maximum absolute atomic E-state index is 13.0. The second-order valence-electron chi connectivity index (χ2n) is 9.51. The third-order valence-electron chi connectivity index (χ3n) is 6.77. The lowest BCUT2D eigenvalue weighted by Crippen LogP contribution is -2.36. The molecule has 1 aromatic carbocycles. The van der Waals surface area contributed by atoms with Gasteiger partial charge in [0.15, 0.2) is 0 Å². The van der Waals surface area contributed by atoms with Crippen LogP contribution >= 0.6 is 45.7 Å². The van der Waals surface area contributed by atoms with E-state index in [1.165, 1.54) is 23.9 Å². The average molecular weight is 687 g/mol. The van der Waals surface area contributed by atoms with E-state index in [-0.39, 0.29) is 46.2 Å². The van der Waals surface area contributed by atoms with Crippen LogP contribution in [0.4, 0.5) is 24.8 Å². The Morgan fingerprint density at radius 3 is 1.63 bits per heavy atom. The molecule has 2 aliphatic rings. The molecule has 0 saturated carbocycles. The number of benzene rings is 1. The first-order chi connectivity index (χ1) is 17.1. The molecular formula is C25H36Br2F3N5O2S. The zero-order chi connectivity index (χ0) is 25.9. The van der Waals surface area contributed by atoms with Gasteiger partial charge in [0, 0.05) is 38.9 Å². The minimum atomic E-state index is -4.39. The van der Waals surface area contributed by atoms with Crippen LogP contribution in [0.15, 0.2) is 29.2 Å². The Bertz CT molecular complexity index is 974. The Morgan fingerprint density at radius 1 is 0.842 bits per heavy atom. The van der Waals surface area contributed by atoms with E-state index in [9.17, 15) is 13.2 Å². The minimum Gasteiger partial charge on any atom is -0.473 e. The van der Waals surface area contributed by atoms with Gasteiger partial charge in [-0.1, -0.05) is 0 Å². The number of hydrogen-bond acceptors (Lipinski definition) is 8. The lowest BCUT2D eigenvalue weighted by Gasteiger charge is -2.31. The van der Waals surface area contributed by atoms with Gasteiger partial charge < -0.3 is 24.2 Å². The van der Waals surface area contributed by atoms with E-state index < -0.39 is 11.7 Å². The summed E-state index contributed by atoms with van der Waals surface area (Å²) in [6.45, 7) is 3.78. The second kappa shape index (κ2) is 14.4. The fraction of sp³-hybridized carbons (Fsp3) is 0.600. The summed E-state index contributed by atoms with van der Waals surface area (Å²) in [5.41, 5.74) is -0.161. The van der Waals surface area contributed by atoms with Crippen LogP contribution in [0.3, 0.4) is 0 Å². The van der Waals surface area contributed by atoms with Gasteiger partial charge in [0.2, 0.25) is 17.7 Å². The van der Waals surface area contributed by atoms with Crippen molar-refractivity contribution in [1.29, 1.82) is 0 Å². The molecule has 38 heavy (non-hydrogen) atoms. The highest BCUT2D eigenvalue weighted by Crippen LogP contribution is 2.39. The van der Waals surface area contributed by atoms with E-state index in [0.29, 0.717) is 23.4 Å². The molecule has 7 nitrogen and oxygen atoms in total. The van der Waals surface area contributed by atoms with Gasteiger partial charge in [-0.3, -0.25) is 0 Å². The predicted octanol–water partition coefficient (Wildman–Crippen LogP) is 6.09. The fourth-order valence-corrected chi connectivity index (χ4v) is 4.93. The highest BCUT2D eigenvalue weighted by molar-refractivity contribution is 8.93. The van der Waals surface area contributed by atoms with E-state index in [1.54, 1.807) is 11.9 Å². The van der Waals surface area contributed by atoms with Gasteiger partial charge in [0.1, 0.15) is 17.1 Å². The summed E-state index contributed by atoms with van der Waals surface area (Å²) in [4.78, 5) is 16.4. The van der Waals surface area contributed by atoms with Crippen molar-refractivity contribution in [3.05, 3.63) is 29.8 Å². The summed E-state index contributed by atoms with van der Waals surface area (Å²) in [5.74, 6) is 1.24. The standard InChI is InChI=1S/C25H34F3N5O2S.2BrH/c1-31-13-9-19(10-14-31)34-22-21(36-4)23(35-20-11-15-32(2)16-12-20)30-24(29-22)33(3)18-7-5-17(6-8-18)25(26,27)28;;/h5-8,19-20H,9-16H2,1-4H3;2*1H. The van der Waals surface area contributed by atoms with Gasteiger partial charge in [0.25, 0.3) is 0 Å². The van der Waals surface area contributed by atoms with Crippen molar-refractivity contribution in [3.8, 4) is 11.8 Å². The lowest BCUT2D eigenvalue weighted by atomic mass is 10.1. The predicted molar refractivity (Wildman–Crippen MR) is 156 cm³/mol. The van der Waals surface area contributed by atoms with Crippen LogP contribution < -0.4 is 14.4 Å². The molecule has 1 aromatic heterocycles. The van der Waals surface area contributed by atoms with Crippen molar-refractivity contribution >= 4 is 57.4 Å². The summed E-state index contributed by atoms with van der Waals surface area (Å²) in [7, 11) is 5.92. The molecule has 2 aliphatic heterocycles. The number of thioether (sulfide) groups is 1. The molecule has 0 bridgehead atoms. The summed E-state index contributed by atoms with van der Waals surface area (Å²) < 4.78 is 51.9. The second-order valence-corrected chi connectivity index (χ2v) is 10.3. The number of piperidine rings is 2. The average Bonchev–Trinajstić information content (AvgIpc) is 2.86. The molecule has 2 fully saturated rings. The van der Waals surface area contributed by atoms with E-state index in [0.717, 1.165) is 68.9 Å². The molecule has 0 amide bonds. The van der Waals surface area contributed by atoms with Crippen molar-refractivity contribution in [1.82, 2.24) is 19.8 Å². The van der Waals surface area contributed by atoms with Gasteiger partial charge in [-0.05, 0) is 70.3 Å². The van der Waals surface area contributed by atoms with Crippen LogP contribution in [0.1, 0.15) is 31.2 Å². The van der Waals surface area contributed by atoms with Crippen molar-refractivity contribution < 1.29 is 22.6 Å². The molecule has 0 atom stereocenters. The van der Waals surface area contributed by atoms with E-state index in [1.807, 2.05) is 6.26 Å². The Hall–Kier alpha value is -1.28. The molecule has 0 spiro atoms. The molecule has 2 aromatic rings. The molecule has 214 valence electrons. The number of hydrogen-bond donors (Lipinski definition) is 0. The van der Waals surface area contributed by atoms with Crippen LogP contribution in [0.25, 0.3) is 0 Å². The first-order valence-corrected chi connectivity index (χ1v) is 13.4. The number of likely N-dealkylation sites (tertiary alicyclic amines) is 2. The van der Waals surface area contributed by atoms with Gasteiger partial charge >= 0.3 is 6.18 Å².